The number of aryl methyl sites for hydroxylation is 1. The molecule has 0 aliphatic rings. The van der Waals surface area contributed by atoms with Gasteiger partial charge >= 0.3 is 6.03 Å². The molecule has 2 amide bonds. The lowest BCUT2D eigenvalue weighted by Crippen LogP contribution is -2.37. The highest BCUT2D eigenvalue weighted by molar-refractivity contribution is 5.89. The molecule has 0 aromatic heterocycles. The number of benzene rings is 2. The van der Waals surface area contributed by atoms with E-state index in [1.807, 2.05) is 0 Å². The molecule has 3 N–H and O–H groups in total. The number of anilines is 1. The predicted octanol–water partition coefficient (Wildman–Crippen LogP) is 2.71. The Bertz CT molecular complexity index is 762. The van der Waals surface area contributed by atoms with Gasteiger partial charge in [-0.2, -0.15) is 0 Å². The van der Waals surface area contributed by atoms with E-state index >= 15 is 0 Å². The summed E-state index contributed by atoms with van der Waals surface area (Å²) in [4.78, 5) is 11.9. The highest BCUT2D eigenvalue weighted by Gasteiger charge is 2.15. The fourth-order valence-corrected chi connectivity index (χ4v) is 2.31. The number of nitrogens with one attached hydrogen (secondary N) is 2. The average Bonchev–Trinajstić information content (AvgIpc) is 2.67. The molecule has 0 aliphatic heterocycles. The Labute approximate surface area is 157 Å². The second-order valence-electron chi connectivity index (χ2n) is 5.77. The minimum absolute atomic E-state index is 0.0667. The van der Waals surface area contributed by atoms with Gasteiger partial charge in [-0.25, -0.2) is 9.18 Å². The largest absolute Gasteiger partial charge is 0.493 e. The van der Waals surface area contributed by atoms with Crippen LogP contribution in [-0.2, 0) is 0 Å². The van der Waals surface area contributed by atoms with Crippen LogP contribution < -0.4 is 24.8 Å². The Balaban J connectivity index is 1.85. The molecular weight excluding hydrogens is 355 g/mol. The number of hydrogen-bond donors (Lipinski definition) is 3. The number of aliphatic hydroxyl groups excluding tert-OH is 1. The SMILES string of the molecule is COc1cccc(OC)c1OC[C@@H](O)CNC(=O)Nc1cc(C)ccc1F. The lowest BCUT2D eigenvalue weighted by atomic mass is 10.2. The van der Waals surface area contributed by atoms with Crippen molar-refractivity contribution in [3.63, 3.8) is 0 Å². The first-order valence-electron chi connectivity index (χ1n) is 8.27. The lowest BCUT2D eigenvalue weighted by Gasteiger charge is -2.17. The average molecular weight is 378 g/mol. The predicted molar refractivity (Wildman–Crippen MR) is 99.2 cm³/mol. The molecule has 8 heteroatoms. The highest BCUT2D eigenvalue weighted by atomic mass is 19.1. The number of carbonyl (C=O) groups excluding carboxylic acids is 1. The second-order valence-corrected chi connectivity index (χ2v) is 5.77. The zero-order chi connectivity index (χ0) is 19.8. The Hall–Kier alpha value is -3.00. The van der Waals surface area contributed by atoms with Crippen LogP contribution in [0.15, 0.2) is 36.4 Å². The number of para-hydroxylation sites is 1. The summed E-state index contributed by atoms with van der Waals surface area (Å²) in [6, 6.07) is 8.91. The summed E-state index contributed by atoms with van der Waals surface area (Å²) < 4.78 is 29.6. The number of urea groups is 1. The zero-order valence-corrected chi connectivity index (χ0v) is 15.4. The van der Waals surface area contributed by atoms with Crippen LogP contribution >= 0.6 is 0 Å². The van der Waals surface area contributed by atoms with Gasteiger partial charge in [-0.3, -0.25) is 0 Å². The van der Waals surface area contributed by atoms with Crippen molar-refractivity contribution >= 4 is 11.7 Å². The van der Waals surface area contributed by atoms with E-state index in [9.17, 15) is 14.3 Å². The Morgan fingerprint density at radius 1 is 1.19 bits per heavy atom. The van der Waals surface area contributed by atoms with Crippen molar-refractivity contribution in [1.29, 1.82) is 0 Å². The molecule has 27 heavy (non-hydrogen) atoms. The molecule has 2 aromatic rings. The molecular formula is C19H23FN2O5. The maximum absolute atomic E-state index is 13.6. The fourth-order valence-electron chi connectivity index (χ4n) is 2.31. The van der Waals surface area contributed by atoms with E-state index in [4.69, 9.17) is 14.2 Å². The van der Waals surface area contributed by atoms with Crippen LogP contribution in [0.1, 0.15) is 5.56 Å². The molecule has 0 radical (unpaired) electrons. The van der Waals surface area contributed by atoms with Crippen LogP contribution in [0.2, 0.25) is 0 Å². The van der Waals surface area contributed by atoms with Crippen molar-refractivity contribution in [1.82, 2.24) is 5.32 Å². The molecule has 146 valence electrons. The molecule has 0 heterocycles. The summed E-state index contributed by atoms with van der Waals surface area (Å²) in [5.41, 5.74) is 0.878. The second kappa shape index (κ2) is 9.63. The maximum Gasteiger partial charge on any atom is 0.319 e. The van der Waals surface area contributed by atoms with E-state index in [2.05, 4.69) is 10.6 Å². The summed E-state index contributed by atoms with van der Waals surface area (Å²) >= 11 is 0. The number of ether oxygens (including phenoxy) is 3. The molecule has 0 spiro atoms. The summed E-state index contributed by atoms with van der Waals surface area (Å²) in [6.45, 7) is 1.60. The smallest absolute Gasteiger partial charge is 0.319 e. The topological polar surface area (TPSA) is 89.1 Å². The standard InChI is InChI=1S/C19H23FN2O5/c1-12-7-8-14(20)15(9-12)22-19(24)21-10-13(23)11-27-18-16(25-2)5-4-6-17(18)26-3/h4-9,13,23H,10-11H2,1-3H3,(H2,21,22,24)/t13-/m0/s1. The molecule has 0 fully saturated rings. The van der Waals surface area contributed by atoms with Gasteiger partial charge in [0, 0.05) is 6.54 Å². The first kappa shape index (κ1) is 20.3. The number of carbonyl (C=O) groups is 1. The normalized spacial score (nSPS) is 11.4. The zero-order valence-electron chi connectivity index (χ0n) is 15.4. The van der Waals surface area contributed by atoms with E-state index in [0.717, 1.165) is 5.56 Å². The molecule has 7 nitrogen and oxygen atoms in total. The maximum atomic E-state index is 13.6. The van der Waals surface area contributed by atoms with E-state index in [1.165, 1.54) is 26.4 Å². The van der Waals surface area contributed by atoms with E-state index in [1.54, 1.807) is 31.2 Å². The molecule has 0 aliphatic carbocycles. The third-order valence-electron chi connectivity index (χ3n) is 3.67. The van der Waals surface area contributed by atoms with E-state index in [0.29, 0.717) is 17.2 Å². The van der Waals surface area contributed by atoms with E-state index in [-0.39, 0.29) is 18.8 Å². The Morgan fingerprint density at radius 3 is 2.48 bits per heavy atom. The van der Waals surface area contributed by atoms with Gasteiger partial charge in [-0.05, 0) is 36.8 Å². The van der Waals surface area contributed by atoms with Crippen molar-refractivity contribution < 1.29 is 28.5 Å². The molecule has 0 saturated heterocycles. The number of aliphatic hydroxyl groups is 1. The van der Waals surface area contributed by atoms with Crippen LogP contribution in [0.5, 0.6) is 17.2 Å². The third kappa shape index (κ3) is 5.75. The molecule has 0 unspecified atom stereocenters. The van der Waals surface area contributed by atoms with Gasteiger partial charge < -0.3 is 30.0 Å². The van der Waals surface area contributed by atoms with Crippen LogP contribution in [0.3, 0.4) is 0 Å². The monoisotopic (exact) mass is 378 g/mol. The van der Waals surface area contributed by atoms with Gasteiger partial charge in [0.2, 0.25) is 5.75 Å². The van der Waals surface area contributed by atoms with Crippen LogP contribution in [-0.4, -0.2) is 44.6 Å². The molecule has 1 atom stereocenters. The van der Waals surface area contributed by atoms with Crippen molar-refractivity contribution in [2.24, 2.45) is 0 Å². The van der Waals surface area contributed by atoms with Crippen LogP contribution in [0, 0.1) is 12.7 Å². The van der Waals surface area contributed by atoms with Gasteiger partial charge in [0.05, 0.1) is 19.9 Å². The molecule has 2 rings (SSSR count). The number of halogens is 1. The number of methoxy groups -OCH3 is 2. The van der Waals surface area contributed by atoms with Crippen LogP contribution in [0.25, 0.3) is 0 Å². The minimum Gasteiger partial charge on any atom is -0.493 e. The van der Waals surface area contributed by atoms with Crippen molar-refractivity contribution in [3.8, 4) is 17.2 Å². The quantitative estimate of drug-likeness (QED) is 0.657. The summed E-state index contributed by atoms with van der Waals surface area (Å²) in [6.07, 6.45) is -0.993. The summed E-state index contributed by atoms with van der Waals surface area (Å²) in [7, 11) is 2.99. The van der Waals surface area contributed by atoms with Gasteiger partial charge in [-0.1, -0.05) is 12.1 Å². The summed E-state index contributed by atoms with van der Waals surface area (Å²) in [5.74, 6) is 0.736. The van der Waals surface area contributed by atoms with Crippen molar-refractivity contribution in [2.45, 2.75) is 13.0 Å². The van der Waals surface area contributed by atoms with Crippen LogP contribution in [0.4, 0.5) is 14.9 Å². The minimum atomic E-state index is -0.993. The number of amides is 2. The molecule has 0 bridgehead atoms. The first-order valence-corrected chi connectivity index (χ1v) is 8.27. The molecule has 0 saturated carbocycles. The number of rotatable bonds is 8. The fraction of sp³-hybridized carbons (Fsp3) is 0.316. The van der Waals surface area contributed by atoms with Gasteiger partial charge in [0.1, 0.15) is 18.5 Å². The Kier molecular flexibility index (Phi) is 7.25. The molecule has 2 aromatic carbocycles. The van der Waals surface area contributed by atoms with E-state index < -0.39 is 18.0 Å². The number of hydrogen-bond acceptors (Lipinski definition) is 5. The van der Waals surface area contributed by atoms with Crippen molar-refractivity contribution in [3.05, 3.63) is 47.8 Å². The third-order valence-corrected chi connectivity index (χ3v) is 3.67. The van der Waals surface area contributed by atoms with Crippen molar-refractivity contribution in [2.75, 3.05) is 32.7 Å². The summed E-state index contributed by atoms with van der Waals surface area (Å²) in [5, 5.41) is 14.9. The highest BCUT2D eigenvalue weighted by Crippen LogP contribution is 2.36. The van der Waals surface area contributed by atoms with Gasteiger partial charge in [0.25, 0.3) is 0 Å². The Morgan fingerprint density at radius 2 is 1.85 bits per heavy atom. The lowest BCUT2D eigenvalue weighted by molar-refractivity contribution is 0.105. The first-order chi connectivity index (χ1) is 12.9. The van der Waals surface area contributed by atoms with Gasteiger partial charge in [-0.15, -0.1) is 0 Å². The van der Waals surface area contributed by atoms with Gasteiger partial charge in [0.15, 0.2) is 11.5 Å².